The van der Waals surface area contributed by atoms with E-state index >= 15 is 0 Å². The van der Waals surface area contributed by atoms with E-state index < -0.39 is 5.97 Å². The zero-order chi connectivity index (χ0) is 14.1. The van der Waals surface area contributed by atoms with Crippen molar-refractivity contribution in [2.24, 2.45) is 11.8 Å². The highest BCUT2D eigenvalue weighted by Gasteiger charge is 2.44. The Labute approximate surface area is 119 Å². The van der Waals surface area contributed by atoms with E-state index in [0.717, 1.165) is 44.9 Å². The van der Waals surface area contributed by atoms with Crippen molar-refractivity contribution >= 4 is 11.9 Å². The first kappa shape index (κ1) is 13.7. The van der Waals surface area contributed by atoms with Crippen molar-refractivity contribution < 1.29 is 14.7 Å². The van der Waals surface area contributed by atoms with E-state index in [1.54, 1.807) is 0 Å². The second kappa shape index (κ2) is 5.58. The average Bonchev–Trinajstić information content (AvgIpc) is 2.70. The number of carbonyl (C=O) groups is 2. The Bertz CT molecular complexity index is 417. The van der Waals surface area contributed by atoms with Gasteiger partial charge in [-0.1, -0.05) is 12.2 Å². The van der Waals surface area contributed by atoms with Gasteiger partial charge in [0.1, 0.15) is 0 Å². The maximum atomic E-state index is 12.7. The molecule has 2 aliphatic heterocycles. The second-order valence-corrected chi connectivity index (χ2v) is 6.55. The maximum absolute atomic E-state index is 12.7. The minimum Gasteiger partial charge on any atom is -0.481 e. The molecule has 4 heteroatoms. The van der Waals surface area contributed by atoms with E-state index in [1.807, 2.05) is 0 Å². The summed E-state index contributed by atoms with van der Waals surface area (Å²) in [7, 11) is 0. The fraction of sp³-hybridized carbons (Fsp3) is 0.750. The minimum absolute atomic E-state index is 0.166. The van der Waals surface area contributed by atoms with Crippen LogP contribution >= 0.6 is 0 Å². The molecule has 3 atom stereocenters. The maximum Gasteiger partial charge on any atom is 0.303 e. The molecule has 3 unspecified atom stereocenters. The molecule has 110 valence electrons. The van der Waals surface area contributed by atoms with Gasteiger partial charge in [0.05, 0.1) is 0 Å². The highest BCUT2D eigenvalue weighted by molar-refractivity contribution is 5.80. The molecule has 0 radical (unpaired) electrons. The molecule has 2 heterocycles. The van der Waals surface area contributed by atoms with E-state index in [2.05, 4.69) is 17.1 Å². The van der Waals surface area contributed by atoms with Crippen LogP contribution in [0.2, 0.25) is 0 Å². The van der Waals surface area contributed by atoms with Crippen molar-refractivity contribution in [3.63, 3.8) is 0 Å². The zero-order valence-electron chi connectivity index (χ0n) is 11.8. The summed E-state index contributed by atoms with van der Waals surface area (Å²) in [6.07, 6.45) is 11.3. The van der Waals surface area contributed by atoms with Crippen molar-refractivity contribution in [1.29, 1.82) is 0 Å². The number of hydrogen-bond donors (Lipinski definition) is 1. The normalized spacial score (nSPS) is 36.1. The Hall–Kier alpha value is -1.32. The van der Waals surface area contributed by atoms with E-state index in [0.29, 0.717) is 18.0 Å². The van der Waals surface area contributed by atoms with Gasteiger partial charge in [0.15, 0.2) is 0 Å². The molecule has 2 saturated heterocycles. The molecule has 1 amide bonds. The van der Waals surface area contributed by atoms with Gasteiger partial charge in [0.25, 0.3) is 0 Å². The summed E-state index contributed by atoms with van der Waals surface area (Å²) in [6, 6.07) is 0.605. The van der Waals surface area contributed by atoms with Crippen LogP contribution in [0.5, 0.6) is 0 Å². The smallest absolute Gasteiger partial charge is 0.303 e. The molecule has 20 heavy (non-hydrogen) atoms. The molecule has 3 aliphatic rings. The Morgan fingerprint density at radius 3 is 2.35 bits per heavy atom. The number of aliphatic carboxylic acids is 1. The predicted molar refractivity (Wildman–Crippen MR) is 75.1 cm³/mol. The number of piperidine rings is 1. The van der Waals surface area contributed by atoms with E-state index in [1.165, 1.54) is 0 Å². The number of hydrogen-bond acceptors (Lipinski definition) is 2. The van der Waals surface area contributed by atoms with Crippen molar-refractivity contribution in [2.75, 3.05) is 0 Å². The number of nitrogens with zero attached hydrogens (tertiary/aromatic N) is 1. The highest BCUT2D eigenvalue weighted by Crippen LogP contribution is 2.41. The van der Waals surface area contributed by atoms with Crippen molar-refractivity contribution in [1.82, 2.24) is 4.90 Å². The third-order valence-electron chi connectivity index (χ3n) is 5.17. The van der Waals surface area contributed by atoms with Crippen molar-refractivity contribution in [2.45, 2.75) is 63.5 Å². The first-order valence-electron chi connectivity index (χ1n) is 7.84. The third-order valence-corrected chi connectivity index (χ3v) is 5.17. The molecule has 4 nitrogen and oxygen atoms in total. The standard InChI is InChI=1S/C16H23NO3/c18-15(19)10-11-8-13-6-7-14(9-11)17(13)16(20)12-4-2-1-3-5-12/h1-2,11-14H,3-10H2,(H,18,19). The van der Waals surface area contributed by atoms with Gasteiger partial charge in [-0.25, -0.2) is 0 Å². The van der Waals surface area contributed by atoms with Crippen LogP contribution in [0.1, 0.15) is 51.4 Å². The molecule has 0 saturated carbocycles. The Morgan fingerprint density at radius 1 is 1.10 bits per heavy atom. The first-order valence-corrected chi connectivity index (χ1v) is 7.84. The van der Waals surface area contributed by atoms with Crippen LogP contribution in [0.25, 0.3) is 0 Å². The highest BCUT2D eigenvalue weighted by atomic mass is 16.4. The van der Waals surface area contributed by atoms with Gasteiger partial charge >= 0.3 is 5.97 Å². The van der Waals surface area contributed by atoms with Crippen LogP contribution in [0, 0.1) is 11.8 Å². The molecule has 1 aliphatic carbocycles. The summed E-state index contributed by atoms with van der Waals surface area (Å²) in [5, 5.41) is 8.95. The van der Waals surface area contributed by atoms with Gasteiger partial charge in [-0.3, -0.25) is 9.59 Å². The second-order valence-electron chi connectivity index (χ2n) is 6.55. The zero-order valence-corrected chi connectivity index (χ0v) is 11.8. The fourth-order valence-electron chi connectivity index (χ4n) is 4.29. The van der Waals surface area contributed by atoms with Gasteiger partial charge in [-0.05, 0) is 50.9 Å². The van der Waals surface area contributed by atoms with Crippen LogP contribution in [0.3, 0.4) is 0 Å². The van der Waals surface area contributed by atoms with Crippen molar-refractivity contribution in [3.8, 4) is 0 Å². The summed E-state index contributed by atoms with van der Waals surface area (Å²) < 4.78 is 0. The quantitative estimate of drug-likeness (QED) is 0.807. The summed E-state index contributed by atoms with van der Waals surface area (Å²) >= 11 is 0. The third kappa shape index (κ3) is 2.60. The first-order chi connectivity index (χ1) is 9.65. The van der Waals surface area contributed by atoms with Crippen LogP contribution in [0.4, 0.5) is 0 Å². The van der Waals surface area contributed by atoms with Gasteiger partial charge in [0, 0.05) is 24.4 Å². The fourth-order valence-corrected chi connectivity index (χ4v) is 4.29. The monoisotopic (exact) mass is 277 g/mol. The number of rotatable bonds is 3. The summed E-state index contributed by atoms with van der Waals surface area (Å²) in [4.78, 5) is 25.7. The Kier molecular flexibility index (Phi) is 3.81. The predicted octanol–water partition coefficient (Wildman–Crippen LogP) is 2.59. The summed E-state index contributed by atoms with van der Waals surface area (Å²) in [5.41, 5.74) is 0. The number of carboxylic acid groups (broad SMARTS) is 1. The lowest BCUT2D eigenvalue weighted by molar-refractivity contribution is -0.142. The molecule has 0 spiro atoms. The topological polar surface area (TPSA) is 57.6 Å². The largest absolute Gasteiger partial charge is 0.481 e. The van der Waals surface area contributed by atoms with E-state index in [4.69, 9.17) is 5.11 Å². The molecular formula is C16H23NO3. The molecule has 0 aromatic heterocycles. The summed E-state index contributed by atoms with van der Waals surface area (Å²) in [6.45, 7) is 0. The molecule has 0 aromatic carbocycles. The van der Waals surface area contributed by atoms with Gasteiger partial charge in [0.2, 0.25) is 5.91 Å². The van der Waals surface area contributed by atoms with E-state index in [9.17, 15) is 9.59 Å². The van der Waals surface area contributed by atoms with Crippen LogP contribution in [-0.2, 0) is 9.59 Å². The van der Waals surface area contributed by atoms with Gasteiger partial charge in [-0.15, -0.1) is 0 Å². The average molecular weight is 277 g/mol. The number of allylic oxidation sites excluding steroid dienone is 2. The lowest BCUT2D eigenvalue weighted by atomic mass is 9.86. The van der Waals surface area contributed by atoms with Gasteiger partial charge < -0.3 is 10.0 Å². The molecule has 2 bridgehead atoms. The van der Waals surface area contributed by atoms with Gasteiger partial charge in [-0.2, -0.15) is 0 Å². The SMILES string of the molecule is O=C(O)CC1CC2CCC(C1)N2C(=O)C1CC=CCC1. The van der Waals surface area contributed by atoms with Crippen LogP contribution < -0.4 is 0 Å². The minimum atomic E-state index is -0.702. The molecule has 3 rings (SSSR count). The number of fused-ring (bicyclic) bond motifs is 2. The van der Waals surface area contributed by atoms with Crippen LogP contribution in [0.15, 0.2) is 12.2 Å². The Morgan fingerprint density at radius 2 is 1.80 bits per heavy atom. The van der Waals surface area contributed by atoms with E-state index in [-0.39, 0.29) is 18.3 Å². The summed E-state index contributed by atoms with van der Waals surface area (Å²) in [5.74, 6) is 0.0571. The molecule has 0 aromatic rings. The lowest BCUT2D eigenvalue weighted by Crippen LogP contribution is -2.49. The number of carbonyl (C=O) groups excluding carboxylic acids is 1. The van der Waals surface area contributed by atoms with Crippen LogP contribution in [-0.4, -0.2) is 34.0 Å². The molecule has 1 N–H and O–H groups in total. The lowest BCUT2D eigenvalue weighted by Gasteiger charge is -2.40. The molecule has 2 fully saturated rings. The molecular weight excluding hydrogens is 254 g/mol. The number of amides is 1. The van der Waals surface area contributed by atoms with Crippen molar-refractivity contribution in [3.05, 3.63) is 12.2 Å². The Balaban J connectivity index is 1.66. The number of carboxylic acids is 1.